The fourth-order valence-corrected chi connectivity index (χ4v) is 0.372. The van der Waals surface area contributed by atoms with E-state index in [1.54, 1.807) is 0 Å². The Morgan fingerprint density at radius 2 is 2.22 bits per heavy atom. The Labute approximate surface area is 53.3 Å². The number of carboxylic acid groups (broad SMARTS) is 1. The molecule has 0 saturated heterocycles. The molecule has 0 fully saturated rings. The van der Waals surface area contributed by atoms with Crippen LogP contribution in [-0.2, 0) is 4.79 Å². The zero-order valence-corrected chi connectivity index (χ0v) is 5.24. The molecule has 0 aliphatic heterocycles. The van der Waals surface area contributed by atoms with E-state index in [0.29, 0.717) is 0 Å². The largest absolute Gasteiger partial charge is 0.481 e. The number of hydrogen-bond donors (Lipinski definition) is 3. The van der Waals surface area contributed by atoms with Gasteiger partial charge in [-0.3, -0.25) is 4.79 Å². The fraction of sp³-hybridized carbons (Fsp3) is 0.800. The maximum Gasteiger partial charge on any atom is 0.305 e. The van der Waals surface area contributed by atoms with Crippen LogP contribution >= 0.6 is 0 Å². The van der Waals surface area contributed by atoms with Crippen molar-refractivity contribution in [1.82, 2.24) is 0 Å². The minimum atomic E-state index is -0.983. The quantitative estimate of drug-likeness (QED) is 0.469. The second-order valence-electron chi connectivity index (χ2n) is 2.00. The zero-order valence-electron chi connectivity index (χ0n) is 5.24. The molecule has 9 heavy (non-hydrogen) atoms. The highest BCUT2D eigenvalue weighted by Crippen LogP contribution is 1.93. The van der Waals surface area contributed by atoms with E-state index in [1.807, 2.05) is 0 Å². The number of carboxylic acids is 1. The Morgan fingerprint density at radius 3 is 2.33 bits per heavy atom. The van der Waals surface area contributed by atoms with E-state index in [4.69, 9.17) is 15.9 Å². The molecule has 2 atom stereocenters. The number of carbonyl (C=O) groups is 1. The van der Waals surface area contributed by atoms with E-state index >= 15 is 0 Å². The second-order valence-corrected chi connectivity index (χ2v) is 2.00. The topological polar surface area (TPSA) is 83.5 Å². The molecule has 0 aromatic heterocycles. The van der Waals surface area contributed by atoms with Gasteiger partial charge in [0.2, 0.25) is 0 Å². The molecule has 0 aliphatic carbocycles. The molecular weight excluding hydrogens is 122 g/mol. The van der Waals surface area contributed by atoms with Gasteiger partial charge in [-0.1, -0.05) is 0 Å². The number of hydrogen-bond acceptors (Lipinski definition) is 3. The van der Waals surface area contributed by atoms with Gasteiger partial charge in [-0.25, -0.2) is 0 Å². The third-order valence-electron chi connectivity index (χ3n) is 1.03. The molecular formula is C5H11NO3. The SMILES string of the molecule is CC(O)C(N)CC(=O)O. The van der Waals surface area contributed by atoms with Crippen molar-refractivity contribution in [2.45, 2.75) is 25.5 Å². The van der Waals surface area contributed by atoms with Gasteiger partial charge >= 0.3 is 5.97 Å². The first-order valence-corrected chi connectivity index (χ1v) is 2.69. The van der Waals surface area contributed by atoms with Gasteiger partial charge in [0.25, 0.3) is 0 Å². The molecule has 0 radical (unpaired) electrons. The van der Waals surface area contributed by atoms with Gasteiger partial charge in [0.15, 0.2) is 0 Å². The second kappa shape index (κ2) is 3.42. The van der Waals surface area contributed by atoms with Crippen LogP contribution in [0.2, 0.25) is 0 Å². The first kappa shape index (κ1) is 8.39. The van der Waals surface area contributed by atoms with Crippen molar-refractivity contribution in [3.05, 3.63) is 0 Å². The normalized spacial score (nSPS) is 16.8. The maximum atomic E-state index is 9.92. The van der Waals surface area contributed by atoms with Crippen LogP contribution in [0.15, 0.2) is 0 Å². The summed E-state index contributed by atoms with van der Waals surface area (Å²) in [5.74, 6) is -0.983. The minimum absolute atomic E-state index is 0.183. The summed E-state index contributed by atoms with van der Waals surface area (Å²) in [5, 5.41) is 16.8. The van der Waals surface area contributed by atoms with Gasteiger partial charge in [-0.15, -0.1) is 0 Å². The molecule has 0 rings (SSSR count). The van der Waals surface area contributed by atoms with Gasteiger partial charge in [0.1, 0.15) is 0 Å². The summed E-state index contributed by atoms with van der Waals surface area (Å²) >= 11 is 0. The number of aliphatic hydroxyl groups excluding tert-OH is 1. The lowest BCUT2D eigenvalue weighted by molar-refractivity contribution is -0.138. The van der Waals surface area contributed by atoms with Crippen molar-refractivity contribution >= 4 is 5.97 Å². The Morgan fingerprint density at radius 1 is 1.78 bits per heavy atom. The summed E-state index contributed by atoms with van der Waals surface area (Å²) in [6.07, 6.45) is -0.932. The third-order valence-corrected chi connectivity index (χ3v) is 1.03. The van der Waals surface area contributed by atoms with Crippen LogP contribution in [-0.4, -0.2) is 28.3 Å². The summed E-state index contributed by atoms with van der Waals surface area (Å²) in [6, 6.07) is -0.650. The van der Waals surface area contributed by atoms with Gasteiger partial charge in [-0.05, 0) is 6.92 Å². The average Bonchev–Trinajstić information content (AvgIpc) is 1.63. The van der Waals surface area contributed by atoms with Crippen LogP contribution in [0, 0.1) is 0 Å². The monoisotopic (exact) mass is 133 g/mol. The predicted octanol–water partition coefficient (Wildman–Crippen LogP) is -0.831. The van der Waals surface area contributed by atoms with E-state index in [-0.39, 0.29) is 6.42 Å². The van der Waals surface area contributed by atoms with E-state index in [9.17, 15) is 4.79 Å². The van der Waals surface area contributed by atoms with Crippen LogP contribution in [0.3, 0.4) is 0 Å². The van der Waals surface area contributed by atoms with E-state index in [2.05, 4.69) is 0 Å². The highest BCUT2D eigenvalue weighted by atomic mass is 16.4. The lowest BCUT2D eigenvalue weighted by Gasteiger charge is -2.10. The Kier molecular flexibility index (Phi) is 3.19. The van der Waals surface area contributed by atoms with Crippen LogP contribution < -0.4 is 5.73 Å². The smallest absolute Gasteiger partial charge is 0.305 e. The molecule has 0 heterocycles. The highest BCUT2D eigenvalue weighted by Gasteiger charge is 2.12. The molecule has 0 aliphatic rings. The Hall–Kier alpha value is -0.610. The number of rotatable bonds is 3. The zero-order chi connectivity index (χ0) is 7.44. The fourth-order valence-electron chi connectivity index (χ4n) is 0.372. The first-order chi connectivity index (χ1) is 4.04. The summed E-state index contributed by atoms with van der Waals surface area (Å²) in [4.78, 5) is 9.92. The van der Waals surface area contributed by atoms with Crippen molar-refractivity contribution in [1.29, 1.82) is 0 Å². The van der Waals surface area contributed by atoms with Crippen molar-refractivity contribution < 1.29 is 15.0 Å². The summed E-state index contributed by atoms with van der Waals surface area (Å²) in [7, 11) is 0. The van der Waals surface area contributed by atoms with Crippen LogP contribution in [0.5, 0.6) is 0 Å². The summed E-state index contributed by atoms with van der Waals surface area (Å²) in [5.41, 5.74) is 5.19. The molecule has 0 aromatic rings. The van der Waals surface area contributed by atoms with E-state index in [0.717, 1.165) is 0 Å². The standard InChI is InChI=1S/C5H11NO3/c1-3(7)4(6)2-5(8)9/h3-4,7H,2,6H2,1H3,(H,8,9). The van der Waals surface area contributed by atoms with Gasteiger partial charge < -0.3 is 15.9 Å². The Balaban J connectivity index is 3.50. The third kappa shape index (κ3) is 3.93. The average molecular weight is 133 g/mol. The van der Waals surface area contributed by atoms with Crippen LogP contribution in [0.4, 0.5) is 0 Å². The molecule has 0 amide bonds. The van der Waals surface area contributed by atoms with Crippen molar-refractivity contribution in [2.75, 3.05) is 0 Å². The molecule has 4 heteroatoms. The molecule has 4 N–H and O–H groups in total. The maximum absolute atomic E-state index is 9.92. The minimum Gasteiger partial charge on any atom is -0.481 e. The van der Waals surface area contributed by atoms with Gasteiger partial charge in [0, 0.05) is 6.04 Å². The van der Waals surface area contributed by atoms with Crippen molar-refractivity contribution in [2.24, 2.45) is 5.73 Å². The number of aliphatic carboxylic acids is 1. The van der Waals surface area contributed by atoms with Gasteiger partial charge in [0.05, 0.1) is 12.5 Å². The molecule has 0 saturated carbocycles. The number of nitrogens with two attached hydrogens (primary N) is 1. The molecule has 0 spiro atoms. The lowest BCUT2D eigenvalue weighted by atomic mass is 10.1. The Bertz CT molecular complexity index is 102. The summed E-state index contributed by atoms with van der Waals surface area (Å²) < 4.78 is 0. The highest BCUT2D eigenvalue weighted by molar-refractivity contribution is 5.67. The van der Waals surface area contributed by atoms with Crippen LogP contribution in [0.1, 0.15) is 13.3 Å². The molecule has 54 valence electrons. The summed E-state index contributed by atoms with van der Waals surface area (Å²) in [6.45, 7) is 1.47. The van der Waals surface area contributed by atoms with Crippen molar-refractivity contribution in [3.63, 3.8) is 0 Å². The molecule has 0 aromatic carbocycles. The predicted molar refractivity (Wildman–Crippen MR) is 31.9 cm³/mol. The lowest BCUT2D eigenvalue weighted by Crippen LogP contribution is -2.34. The van der Waals surface area contributed by atoms with Gasteiger partial charge in [-0.2, -0.15) is 0 Å². The molecule has 0 bridgehead atoms. The molecule has 2 unspecified atom stereocenters. The van der Waals surface area contributed by atoms with Crippen molar-refractivity contribution in [3.8, 4) is 0 Å². The van der Waals surface area contributed by atoms with E-state index < -0.39 is 18.1 Å². The number of aliphatic hydroxyl groups is 1. The first-order valence-electron chi connectivity index (χ1n) is 2.69. The van der Waals surface area contributed by atoms with Crippen LogP contribution in [0.25, 0.3) is 0 Å². The molecule has 4 nitrogen and oxygen atoms in total. The van der Waals surface area contributed by atoms with E-state index in [1.165, 1.54) is 6.92 Å².